The van der Waals surface area contributed by atoms with Gasteiger partial charge < -0.3 is 5.11 Å². The molecule has 2 fully saturated rings. The highest BCUT2D eigenvalue weighted by Gasteiger charge is 2.45. The fourth-order valence-electron chi connectivity index (χ4n) is 3.20. The third-order valence-corrected chi connectivity index (χ3v) is 4.11. The van der Waals surface area contributed by atoms with Crippen molar-refractivity contribution in [1.82, 2.24) is 0 Å². The van der Waals surface area contributed by atoms with Crippen LogP contribution >= 0.6 is 0 Å². The fraction of sp³-hybridized carbons (Fsp3) is 0.909. The summed E-state index contributed by atoms with van der Waals surface area (Å²) in [4.78, 5) is 10.7. The predicted molar refractivity (Wildman–Crippen MR) is 50.5 cm³/mol. The molecule has 0 bridgehead atoms. The Morgan fingerprint density at radius 3 is 2.46 bits per heavy atom. The molecule has 1 N–H and O–H groups in total. The van der Waals surface area contributed by atoms with Crippen molar-refractivity contribution < 1.29 is 9.90 Å². The van der Waals surface area contributed by atoms with E-state index in [2.05, 4.69) is 0 Å². The van der Waals surface area contributed by atoms with Gasteiger partial charge in [-0.25, -0.2) is 0 Å². The monoisotopic (exact) mass is 182 g/mol. The molecule has 2 aliphatic carbocycles. The number of carbonyl (C=O) groups is 1. The van der Waals surface area contributed by atoms with Gasteiger partial charge in [0.15, 0.2) is 0 Å². The van der Waals surface area contributed by atoms with Crippen LogP contribution in [-0.4, -0.2) is 11.1 Å². The van der Waals surface area contributed by atoms with Gasteiger partial charge in [0.25, 0.3) is 0 Å². The van der Waals surface area contributed by atoms with Crippen molar-refractivity contribution >= 4 is 5.97 Å². The SMILES string of the molecule is O=C(O)CC1CCCCC12CCC2. The van der Waals surface area contributed by atoms with E-state index < -0.39 is 5.97 Å². The summed E-state index contributed by atoms with van der Waals surface area (Å²) in [5.74, 6) is -0.106. The third kappa shape index (κ3) is 1.59. The molecular weight excluding hydrogens is 164 g/mol. The molecule has 2 saturated carbocycles. The van der Waals surface area contributed by atoms with E-state index in [0.29, 0.717) is 17.8 Å². The zero-order valence-electron chi connectivity index (χ0n) is 8.09. The molecule has 2 aliphatic rings. The van der Waals surface area contributed by atoms with E-state index >= 15 is 0 Å². The van der Waals surface area contributed by atoms with Crippen molar-refractivity contribution in [3.8, 4) is 0 Å². The lowest BCUT2D eigenvalue weighted by Crippen LogP contribution is -2.40. The first-order chi connectivity index (χ1) is 6.23. The van der Waals surface area contributed by atoms with Crippen LogP contribution in [0.25, 0.3) is 0 Å². The standard InChI is InChI=1S/C11H18O2/c12-10(13)8-9-4-1-2-5-11(9)6-3-7-11/h9H,1-8H2,(H,12,13). The van der Waals surface area contributed by atoms with E-state index in [4.69, 9.17) is 5.11 Å². The van der Waals surface area contributed by atoms with Gasteiger partial charge in [0, 0.05) is 6.42 Å². The normalized spacial score (nSPS) is 31.2. The minimum Gasteiger partial charge on any atom is -0.481 e. The largest absolute Gasteiger partial charge is 0.481 e. The van der Waals surface area contributed by atoms with Crippen LogP contribution in [0, 0.1) is 11.3 Å². The maximum Gasteiger partial charge on any atom is 0.303 e. The van der Waals surface area contributed by atoms with Gasteiger partial charge in [0.1, 0.15) is 0 Å². The molecule has 0 aromatic carbocycles. The Hall–Kier alpha value is -0.530. The second-order valence-corrected chi connectivity index (χ2v) is 4.76. The van der Waals surface area contributed by atoms with Crippen molar-refractivity contribution in [2.75, 3.05) is 0 Å². The number of carboxylic acid groups (broad SMARTS) is 1. The molecule has 0 aromatic heterocycles. The molecule has 0 heterocycles. The zero-order valence-corrected chi connectivity index (χ0v) is 8.09. The molecule has 1 spiro atoms. The van der Waals surface area contributed by atoms with E-state index in [1.807, 2.05) is 0 Å². The molecule has 0 saturated heterocycles. The highest BCUT2D eigenvalue weighted by atomic mass is 16.4. The van der Waals surface area contributed by atoms with Crippen molar-refractivity contribution in [1.29, 1.82) is 0 Å². The van der Waals surface area contributed by atoms with Gasteiger partial charge in [-0.2, -0.15) is 0 Å². The van der Waals surface area contributed by atoms with Gasteiger partial charge in [-0.05, 0) is 37.0 Å². The molecule has 74 valence electrons. The van der Waals surface area contributed by atoms with Gasteiger partial charge in [-0.3, -0.25) is 4.79 Å². The first-order valence-corrected chi connectivity index (χ1v) is 5.45. The van der Waals surface area contributed by atoms with Gasteiger partial charge in [-0.1, -0.05) is 19.3 Å². The molecule has 2 rings (SSSR count). The van der Waals surface area contributed by atoms with E-state index in [9.17, 15) is 4.79 Å². The summed E-state index contributed by atoms with van der Waals surface area (Å²) in [5, 5.41) is 8.82. The molecule has 0 amide bonds. The summed E-state index contributed by atoms with van der Waals surface area (Å²) < 4.78 is 0. The first-order valence-electron chi connectivity index (χ1n) is 5.45. The first kappa shape index (κ1) is 9.04. The van der Waals surface area contributed by atoms with E-state index in [0.717, 1.165) is 6.42 Å². The number of aliphatic carboxylic acids is 1. The Labute approximate surface area is 79.3 Å². The average molecular weight is 182 g/mol. The Morgan fingerprint density at radius 2 is 1.92 bits per heavy atom. The van der Waals surface area contributed by atoms with Crippen LogP contribution in [-0.2, 0) is 4.79 Å². The molecule has 0 aliphatic heterocycles. The maximum atomic E-state index is 10.7. The summed E-state index contributed by atoms with van der Waals surface area (Å²) >= 11 is 0. The highest BCUT2D eigenvalue weighted by molar-refractivity contribution is 5.67. The van der Waals surface area contributed by atoms with Crippen molar-refractivity contribution in [2.45, 2.75) is 51.4 Å². The molecular formula is C11H18O2. The molecule has 1 atom stereocenters. The molecule has 2 heteroatoms. The quantitative estimate of drug-likeness (QED) is 0.713. The molecule has 13 heavy (non-hydrogen) atoms. The van der Waals surface area contributed by atoms with Gasteiger partial charge >= 0.3 is 5.97 Å². The van der Waals surface area contributed by atoms with E-state index in [1.165, 1.54) is 38.5 Å². The lowest BCUT2D eigenvalue weighted by molar-refractivity contribution is -0.141. The number of hydrogen-bond donors (Lipinski definition) is 1. The second-order valence-electron chi connectivity index (χ2n) is 4.76. The van der Waals surface area contributed by atoms with Crippen LogP contribution in [0.5, 0.6) is 0 Å². The molecule has 1 unspecified atom stereocenters. The summed E-state index contributed by atoms with van der Waals surface area (Å²) in [6.07, 6.45) is 9.37. The lowest BCUT2D eigenvalue weighted by Gasteiger charge is -2.50. The Balaban J connectivity index is 2.00. The van der Waals surface area contributed by atoms with Crippen LogP contribution in [0.4, 0.5) is 0 Å². The zero-order chi connectivity index (χ0) is 9.31. The smallest absolute Gasteiger partial charge is 0.303 e. The van der Waals surface area contributed by atoms with E-state index in [1.54, 1.807) is 0 Å². The van der Waals surface area contributed by atoms with E-state index in [-0.39, 0.29) is 0 Å². The minimum atomic E-state index is -0.599. The van der Waals surface area contributed by atoms with Crippen LogP contribution < -0.4 is 0 Å². The van der Waals surface area contributed by atoms with Crippen LogP contribution in [0.2, 0.25) is 0 Å². The van der Waals surface area contributed by atoms with Crippen LogP contribution in [0.1, 0.15) is 51.4 Å². The summed E-state index contributed by atoms with van der Waals surface area (Å²) in [6.45, 7) is 0. The lowest BCUT2D eigenvalue weighted by atomic mass is 9.54. The summed E-state index contributed by atoms with van der Waals surface area (Å²) in [7, 11) is 0. The van der Waals surface area contributed by atoms with Gasteiger partial charge in [0.2, 0.25) is 0 Å². The summed E-state index contributed by atoms with van der Waals surface area (Å²) in [5.41, 5.74) is 0.469. The predicted octanol–water partition coefficient (Wildman–Crippen LogP) is 2.82. The number of rotatable bonds is 2. The minimum absolute atomic E-state index is 0.417. The van der Waals surface area contributed by atoms with Gasteiger partial charge in [-0.15, -0.1) is 0 Å². The Morgan fingerprint density at radius 1 is 1.23 bits per heavy atom. The highest BCUT2D eigenvalue weighted by Crippen LogP contribution is 2.55. The molecule has 0 radical (unpaired) electrons. The molecule has 2 nitrogen and oxygen atoms in total. The average Bonchev–Trinajstić information content (AvgIpc) is 2.01. The topological polar surface area (TPSA) is 37.3 Å². The van der Waals surface area contributed by atoms with Crippen LogP contribution in [0.15, 0.2) is 0 Å². The number of hydrogen-bond acceptors (Lipinski definition) is 1. The second kappa shape index (κ2) is 3.32. The fourth-order valence-corrected chi connectivity index (χ4v) is 3.20. The summed E-state index contributed by atoms with van der Waals surface area (Å²) in [6, 6.07) is 0. The van der Waals surface area contributed by atoms with Gasteiger partial charge in [0.05, 0.1) is 0 Å². The van der Waals surface area contributed by atoms with Crippen LogP contribution in [0.3, 0.4) is 0 Å². The van der Waals surface area contributed by atoms with Crippen molar-refractivity contribution in [3.05, 3.63) is 0 Å². The van der Waals surface area contributed by atoms with Crippen molar-refractivity contribution in [2.24, 2.45) is 11.3 Å². The number of carboxylic acids is 1. The molecule has 0 aromatic rings. The third-order valence-electron chi connectivity index (χ3n) is 4.11. The van der Waals surface area contributed by atoms with Crippen molar-refractivity contribution in [3.63, 3.8) is 0 Å². The Kier molecular flexibility index (Phi) is 2.31. The Bertz CT molecular complexity index is 206. The maximum absolute atomic E-state index is 10.7.